The Bertz CT molecular complexity index is 237. The molecule has 68 valence electrons. The number of hydrogen-bond donors (Lipinski definition) is 3. The SMILES string of the molecule is O=C1O[C@H]([C@H](O)C[O-])C(O)=C1O.[Na+]. The van der Waals surface area contributed by atoms with Crippen molar-refractivity contribution >= 4 is 5.97 Å². The quantitative estimate of drug-likeness (QED) is 0.302. The van der Waals surface area contributed by atoms with E-state index in [1.165, 1.54) is 0 Å². The van der Waals surface area contributed by atoms with Crippen molar-refractivity contribution in [2.24, 2.45) is 0 Å². The second-order valence-electron chi connectivity index (χ2n) is 2.29. The van der Waals surface area contributed by atoms with Crippen molar-refractivity contribution in [3.63, 3.8) is 0 Å². The van der Waals surface area contributed by atoms with Crippen LogP contribution in [-0.4, -0.2) is 40.1 Å². The molecular formula is C6H7NaO6. The maximum absolute atomic E-state index is 10.5. The van der Waals surface area contributed by atoms with Gasteiger partial charge in [0.25, 0.3) is 0 Å². The van der Waals surface area contributed by atoms with Gasteiger partial charge in [0.05, 0.1) is 6.10 Å². The first-order valence-corrected chi connectivity index (χ1v) is 3.17. The predicted octanol–water partition coefficient (Wildman–Crippen LogP) is -5.04. The molecule has 0 aromatic rings. The molecule has 0 spiro atoms. The van der Waals surface area contributed by atoms with Crippen LogP contribution < -0.4 is 34.7 Å². The van der Waals surface area contributed by atoms with Crippen molar-refractivity contribution in [1.29, 1.82) is 0 Å². The van der Waals surface area contributed by atoms with Crippen LogP contribution in [0.1, 0.15) is 0 Å². The number of esters is 1. The molecule has 1 aliphatic heterocycles. The molecule has 0 aromatic heterocycles. The van der Waals surface area contributed by atoms with Gasteiger partial charge in [0.15, 0.2) is 11.9 Å². The van der Waals surface area contributed by atoms with Crippen molar-refractivity contribution < 1.29 is 59.5 Å². The van der Waals surface area contributed by atoms with Gasteiger partial charge in [0.2, 0.25) is 5.76 Å². The topological polar surface area (TPSA) is 110 Å². The largest absolute Gasteiger partial charge is 1.00 e. The number of carbonyl (C=O) groups excluding carboxylic acids is 1. The second-order valence-corrected chi connectivity index (χ2v) is 2.29. The summed E-state index contributed by atoms with van der Waals surface area (Å²) in [6.07, 6.45) is -2.95. The van der Waals surface area contributed by atoms with E-state index in [4.69, 9.17) is 15.3 Å². The molecule has 0 aliphatic carbocycles. The van der Waals surface area contributed by atoms with Crippen molar-refractivity contribution in [3.8, 4) is 0 Å². The molecule has 3 N–H and O–H groups in total. The summed E-state index contributed by atoms with van der Waals surface area (Å²) in [5.41, 5.74) is 0. The van der Waals surface area contributed by atoms with Gasteiger partial charge < -0.3 is 25.2 Å². The fraction of sp³-hybridized carbons (Fsp3) is 0.500. The Hall–Kier alpha value is -0.270. The molecule has 0 unspecified atom stereocenters. The maximum Gasteiger partial charge on any atom is 1.00 e. The Morgan fingerprint density at radius 3 is 2.38 bits per heavy atom. The normalized spacial score (nSPS) is 23.8. The molecule has 0 bridgehead atoms. The third-order valence-electron chi connectivity index (χ3n) is 1.46. The zero-order valence-electron chi connectivity index (χ0n) is 6.93. The van der Waals surface area contributed by atoms with Crippen LogP contribution in [0.2, 0.25) is 0 Å². The summed E-state index contributed by atoms with van der Waals surface area (Å²) in [7, 11) is 0. The monoisotopic (exact) mass is 198 g/mol. The third kappa shape index (κ3) is 2.35. The minimum absolute atomic E-state index is 0. The zero-order valence-corrected chi connectivity index (χ0v) is 8.93. The third-order valence-corrected chi connectivity index (χ3v) is 1.46. The first-order valence-electron chi connectivity index (χ1n) is 3.17. The summed E-state index contributed by atoms with van der Waals surface area (Å²) >= 11 is 0. The van der Waals surface area contributed by atoms with Crippen molar-refractivity contribution in [2.45, 2.75) is 12.2 Å². The van der Waals surface area contributed by atoms with Gasteiger partial charge in [0.1, 0.15) is 0 Å². The summed E-state index contributed by atoms with van der Waals surface area (Å²) in [5.74, 6) is -2.87. The molecule has 0 amide bonds. The van der Waals surface area contributed by atoms with Crippen LogP contribution >= 0.6 is 0 Å². The molecular weight excluding hydrogens is 191 g/mol. The Kier molecular flexibility index (Phi) is 4.72. The number of carbonyl (C=O) groups is 1. The van der Waals surface area contributed by atoms with E-state index in [2.05, 4.69) is 4.74 Å². The fourth-order valence-corrected chi connectivity index (χ4v) is 0.814. The molecule has 0 saturated heterocycles. The molecule has 6 nitrogen and oxygen atoms in total. The van der Waals surface area contributed by atoms with Crippen LogP contribution in [0.25, 0.3) is 0 Å². The molecule has 13 heavy (non-hydrogen) atoms. The van der Waals surface area contributed by atoms with Gasteiger partial charge in [-0.25, -0.2) is 4.79 Å². The van der Waals surface area contributed by atoms with E-state index in [-0.39, 0.29) is 29.6 Å². The predicted molar refractivity (Wildman–Crippen MR) is 33.0 cm³/mol. The molecule has 0 radical (unpaired) electrons. The Balaban J connectivity index is 0.00000144. The summed E-state index contributed by atoms with van der Waals surface area (Å²) in [6, 6.07) is 0. The zero-order chi connectivity index (χ0) is 9.30. The van der Waals surface area contributed by atoms with Gasteiger partial charge in [0, 0.05) is 0 Å². The average Bonchev–Trinajstić information content (AvgIpc) is 2.32. The van der Waals surface area contributed by atoms with Crippen molar-refractivity contribution in [1.82, 2.24) is 0 Å². The van der Waals surface area contributed by atoms with Gasteiger partial charge in [-0.3, -0.25) is 0 Å². The molecule has 1 aliphatic rings. The van der Waals surface area contributed by atoms with Gasteiger partial charge in [-0.15, -0.1) is 6.61 Å². The Morgan fingerprint density at radius 1 is 1.54 bits per heavy atom. The van der Waals surface area contributed by atoms with Gasteiger partial charge in [-0.1, -0.05) is 0 Å². The summed E-state index contributed by atoms with van der Waals surface area (Å²) in [6.45, 7) is -0.921. The molecule has 2 atom stereocenters. The van der Waals surface area contributed by atoms with Crippen molar-refractivity contribution in [3.05, 3.63) is 11.5 Å². The number of cyclic esters (lactones) is 1. The van der Waals surface area contributed by atoms with Crippen LogP contribution in [0, 0.1) is 0 Å². The summed E-state index contributed by atoms with van der Waals surface area (Å²) in [4.78, 5) is 10.5. The van der Waals surface area contributed by atoms with Crippen LogP contribution in [0.4, 0.5) is 0 Å². The Morgan fingerprint density at radius 2 is 2.08 bits per heavy atom. The first-order chi connectivity index (χ1) is 5.57. The van der Waals surface area contributed by atoms with Crippen LogP contribution in [0.5, 0.6) is 0 Å². The number of aliphatic hydroxyl groups excluding tert-OH is 3. The standard InChI is InChI=1S/C6H7O6.Na/c7-1-2(8)5-3(9)4(10)6(11)12-5;/h2,5,8-10H,1H2;/q-1;+1/t2-,5-;/m1./s1. The molecule has 1 heterocycles. The molecule has 0 aromatic carbocycles. The molecule has 0 fully saturated rings. The molecule has 7 heteroatoms. The summed E-state index contributed by atoms with van der Waals surface area (Å²) < 4.78 is 4.28. The van der Waals surface area contributed by atoms with E-state index in [1.54, 1.807) is 0 Å². The number of ether oxygens (including phenoxy) is 1. The number of rotatable bonds is 2. The van der Waals surface area contributed by atoms with E-state index in [0.717, 1.165) is 0 Å². The smallest absolute Gasteiger partial charge is 0.853 e. The van der Waals surface area contributed by atoms with Crippen molar-refractivity contribution in [2.75, 3.05) is 6.61 Å². The first kappa shape index (κ1) is 12.7. The van der Waals surface area contributed by atoms with E-state index >= 15 is 0 Å². The number of hydrogen-bond acceptors (Lipinski definition) is 6. The second kappa shape index (κ2) is 4.83. The minimum atomic E-state index is -1.53. The molecule has 0 saturated carbocycles. The van der Waals surface area contributed by atoms with Gasteiger partial charge >= 0.3 is 35.5 Å². The van der Waals surface area contributed by atoms with E-state index in [0.29, 0.717) is 0 Å². The van der Waals surface area contributed by atoms with E-state index in [1.807, 2.05) is 0 Å². The minimum Gasteiger partial charge on any atom is -0.853 e. The van der Waals surface area contributed by atoms with E-state index in [9.17, 15) is 9.90 Å². The summed E-state index contributed by atoms with van der Waals surface area (Å²) in [5, 5.41) is 36.6. The average molecular weight is 198 g/mol. The fourth-order valence-electron chi connectivity index (χ4n) is 0.814. The van der Waals surface area contributed by atoms with Crippen LogP contribution in [0.3, 0.4) is 0 Å². The van der Waals surface area contributed by atoms with Crippen LogP contribution in [-0.2, 0) is 9.53 Å². The van der Waals surface area contributed by atoms with E-state index < -0.39 is 36.3 Å². The van der Waals surface area contributed by atoms with Gasteiger partial charge in [-0.2, -0.15) is 0 Å². The molecule has 1 rings (SSSR count). The van der Waals surface area contributed by atoms with Crippen LogP contribution in [0.15, 0.2) is 11.5 Å². The Labute approximate surface area is 95.7 Å². The number of aliphatic hydroxyl groups is 3. The maximum atomic E-state index is 10.5. The van der Waals surface area contributed by atoms with Gasteiger partial charge in [-0.05, 0) is 0 Å².